The van der Waals surface area contributed by atoms with Gasteiger partial charge in [-0.25, -0.2) is 0 Å². The monoisotopic (exact) mass is 609 g/mol. The van der Waals surface area contributed by atoms with Crippen molar-refractivity contribution in [3.8, 4) is 22.5 Å². The molecule has 0 aliphatic rings. The van der Waals surface area contributed by atoms with E-state index in [1.807, 2.05) is 42.5 Å². The molecule has 0 spiro atoms. The van der Waals surface area contributed by atoms with Gasteiger partial charge in [-0.1, -0.05) is 48.8 Å². The van der Waals surface area contributed by atoms with Gasteiger partial charge < -0.3 is 19.4 Å². The first kappa shape index (κ1) is 18.9. The van der Waals surface area contributed by atoms with Crippen LogP contribution in [0.5, 0.6) is 0 Å². The van der Waals surface area contributed by atoms with Gasteiger partial charge in [-0.15, -0.1) is 53.6 Å². The SMILES string of the molecule is [2H]C([2H])([2H])c1ccc(-c2[c-]cccc2)nc1.[Ir].[c-]1ccncc1-c1cc2c(cn1)oc1ccccc12. The second-order valence-electron chi connectivity index (χ2n) is 7.02. The molecule has 4 aromatic heterocycles. The minimum atomic E-state index is -2.09. The molecule has 5 heteroatoms. The molecule has 0 atom stereocenters. The van der Waals surface area contributed by atoms with Crippen molar-refractivity contribution in [1.82, 2.24) is 15.0 Å². The number of furan rings is 1. The van der Waals surface area contributed by atoms with E-state index in [1.54, 1.807) is 42.9 Å². The van der Waals surface area contributed by atoms with E-state index in [0.29, 0.717) is 0 Å². The molecule has 0 bridgehead atoms. The van der Waals surface area contributed by atoms with Gasteiger partial charge in [-0.05, 0) is 29.9 Å². The standard InChI is InChI=1S/C16H9N2O.C12H10N.Ir/c1-2-6-15-12(5-1)13-8-14(18-10-16(13)19-15)11-4-3-7-17-9-11;1-10-7-8-12(13-9-10)11-5-3-2-4-6-11;/h1-3,5-10H;2-5,7-9H,1H3;/q2*-1;/i;1D3;. The zero-order valence-electron chi connectivity index (χ0n) is 20.3. The van der Waals surface area contributed by atoms with Crippen molar-refractivity contribution >= 4 is 21.9 Å². The fraction of sp³-hybridized carbons (Fsp3) is 0.0357. The number of hydrogen-bond donors (Lipinski definition) is 0. The Kier molecular flexibility index (Phi) is 5.89. The molecule has 0 unspecified atom stereocenters. The Bertz CT molecular complexity index is 1570. The minimum Gasteiger partial charge on any atom is -0.455 e. The van der Waals surface area contributed by atoms with Crippen LogP contribution in [-0.2, 0) is 20.1 Å². The quantitative estimate of drug-likeness (QED) is 0.206. The van der Waals surface area contributed by atoms with Crippen LogP contribution in [0.4, 0.5) is 0 Å². The molecule has 0 saturated heterocycles. The first-order valence-electron chi connectivity index (χ1n) is 11.5. The van der Waals surface area contributed by atoms with Crippen LogP contribution in [0.3, 0.4) is 0 Å². The van der Waals surface area contributed by atoms with E-state index in [0.717, 1.165) is 44.5 Å². The predicted molar refractivity (Wildman–Crippen MR) is 127 cm³/mol. The maximum Gasteiger partial charge on any atom is 0.151 e. The van der Waals surface area contributed by atoms with E-state index in [1.165, 1.54) is 6.20 Å². The fourth-order valence-corrected chi connectivity index (χ4v) is 3.35. The number of rotatable bonds is 2. The van der Waals surface area contributed by atoms with E-state index in [2.05, 4.69) is 33.2 Å². The number of para-hydroxylation sites is 1. The Morgan fingerprint density at radius 2 is 1.61 bits per heavy atom. The molecule has 0 N–H and O–H groups in total. The fourth-order valence-electron chi connectivity index (χ4n) is 3.35. The van der Waals surface area contributed by atoms with Crippen LogP contribution in [0, 0.1) is 19.0 Å². The predicted octanol–water partition coefficient (Wildman–Crippen LogP) is 6.70. The van der Waals surface area contributed by atoms with E-state index in [4.69, 9.17) is 8.53 Å². The number of nitrogens with zero attached hydrogens (tertiary/aromatic N) is 3. The number of fused-ring (bicyclic) bond motifs is 3. The van der Waals surface area contributed by atoms with Crippen LogP contribution in [0.25, 0.3) is 44.5 Å². The molecular formula is C28H19IrN3O-2. The van der Waals surface area contributed by atoms with Gasteiger partial charge in [-0.2, -0.15) is 0 Å². The average molecular weight is 609 g/mol. The molecule has 163 valence electrons. The zero-order valence-corrected chi connectivity index (χ0v) is 19.7. The molecule has 2 aromatic carbocycles. The summed E-state index contributed by atoms with van der Waals surface area (Å²) in [5.74, 6) is 0. The largest absolute Gasteiger partial charge is 0.455 e. The number of aryl methyl sites for hydroxylation is 1. The van der Waals surface area contributed by atoms with E-state index >= 15 is 0 Å². The van der Waals surface area contributed by atoms with Crippen LogP contribution in [0.1, 0.15) is 9.68 Å². The normalized spacial score (nSPS) is 12.1. The molecule has 4 nitrogen and oxygen atoms in total. The molecule has 6 rings (SSSR count). The zero-order chi connectivity index (χ0) is 24.3. The summed E-state index contributed by atoms with van der Waals surface area (Å²) in [6, 6.07) is 28.7. The van der Waals surface area contributed by atoms with Crippen LogP contribution >= 0.6 is 0 Å². The van der Waals surface area contributed by atoms with Gasteiger partial charge >= 0.3 is 0 Å². The van der Waals surface area contributed by atoms with Gasteiger partial charge in [0.2, 0.25) is 0 Å². The molecule has 0 fully saturated rings. The van der Waals surface area contributed by atoms with Crippen molar-refractivity contribution in [3.63, 3.8) is 0 Å². The van der Waals surface area contributed by atoms with E-state index < -0.39 is 6.85 Å². The molecular weight excluding hydrogens is 587 g/mol. The number of benzene rings is 2. The summed E-state index contributed by atoms with van der Waals surface area (Å²) in [5.41, 5.74) is 5.27. The summed E-state index contributed by atoms with van der Waals surface area (Å²) in [6.07, 6.45) is 6.61. The molecule has 33 heavy (non-hydrogen) atoms. The molecule has 6 aromatic rings. The second kappa shape index (κ2) is 10.3. The molecule has 0 aliphatic carbocycles. The summed E-state index contributed by atoms with van der Waals surface area (Å²) < 4.78 is 27.5. The van der Waals surface area contributed by atoms with Crippen LogP contribution in [0.15, 0.2) is 102 Å². The first-order valence-corrected chi connectivity index (χ1v) is 10.0. The number of pyridine rings is 3. The van der Waals surface area contributed by atoms with Crippen molar-refractivity contribution in [2.45, 2.75) is 6.85 Å². The van der Waals surface area contributed by atoms with Gasteiger partial charge in [0, 0.05) is 41.2 Å². The van der Waals surface area contributed by atoms with Crippen LogP contribution < -0.4 is 0 Å². The Balaban J connectivity index is 0.000000167. The molecule has 0 amide bonds. The third-order valence-corrected chi connectivity index (χ3v) is 4.89. The Morgan fingerprint density at radius 1 is 0.758 bits per heavy atom. The topological polar surface area (TPSA) is 51.8 Å². The van der Waals surface area contributed by atoms with E-state index in [-0.39, 0.29) is 25.7 Å². The third-order valence-electron chi connectivity index (χ3n) is 4.89. The molecule has 0 saturated carbocycles. The van der Waals surface area contributed by atoms with Crippen LogP contribution in [-0.4, -0.2) is 15.0 Å². The van der Waals surface area contributed by atoms with Crippen LogP contribution in [0.2, 0.25) is 0 Å². The summed E-state index contributed by atoms with van der Waals surface area (Å²) in [4.78, 5) is 12.6. The van der Waals surface area contributed by atoms with Crippen molar-refractivity contribution in [3.05, 3.63) is 115 Å². The summed E-state index contributed by atoms with van der Waals surface area (Å²) in [6.45, 7) is -2.09. The minimum absolute atomic E-state index is 0. The van der Waals surface area contributed by atoms with Crippen molar-refractivity contribution in [2.75, 3.05) is 0 Å². The van der Waals surface area contributed by atoms with Gasteiger partial charge in [0.1, 0.15) is 5.58 Å². The molecule has 1 radical (unpaired) electrons. The molecule has 4 heterocycles. The Morgan fingerprint density at radius 3 is 2.36 bits per heavy atom. The van der Waals surface area contributed by atoms with Crippen molar-refractivity contribution in [2.24, 2.45) is 0 Å². The number of aromatic nitrogens is 3. The second-order valence-corrected chi connectivity index (χ2v) is 7.02. The van der Waals surface area contributed by atoms with Gasteiger partial charge in [0.15, 0.2) is 5.58 Å². The average Bonchev–Trinajstić information content (AvgIpc) is 3.28. The van der Waals surface area contributed by atoms with Gasteiger partial charge in [-0.3, -0.25) is 0 Å². The van der Waals surface area contributed by atoms with E-state index in [9.17, 15) is 0 Å². The summed E-state index contributed by atoms with van der Waals surface area (Å²) in [5, 5.41) is 2.17. The van der Waals surface area contributed by atoms with Crippen molar-refractivity contribution in [1.29, 1.82) is 0 Å². The maximum absolute atomic E-state index is 7.23. The molecule has 0 aliphatic heterocycles. The van der Waals surface area contributed by atoms with Crippen molar-refractivity contribution < 1.29 is 28.6 Å². The summed E-state index contributed by atoms with van der Waals surface area (Å²) in [7, 11) is 0. The van der Waals surface area contributed by atoms with Gasteiger partial charge in [0.05, 0.1) is 6.20 Å². The first-order chi connectivity index (χ1) is 17.0. The smallest absolute Gasteiger partial charge is 0.151 e. The van der Waals surface area contributed by atoms with Gasteiger partial charge in [0.25, 0.3) is 0 Å². The Labute approximate surface area is 209 Å². The number of hydrogen-bond acceptors (Lipinski definition) is 4. The Hall–Kier alpha value is -3.66. The summed E-state index contributed by atoms with van der Waals surface area (Å²) >= 11 is 0. The third kappa shape index (κ3) is 5.06. The maximum atomic E-state index is 7.23.